The Morgan fingerprint density at radius 3 is 2.88 bits per heavy atom. The van der Waals surface area contributed by atoms with Gasteiger partial charge in [0.2, 0.25) is 0 Å². The second-order valence-corrected chi connectivity index (χ2v) is 4.20. The molecular formula is C13H18FNO2. The van der Waals surface area contributed by atoms with Crippen molar-refractivity contribution in [3.8, 4) is 0 Å². The molecule has 0 aliphatic carbocycles. The smallest absolute Gasteiger partial charge is 0.123 e. The Kier molecular flexibility index (Phi) is 4.48. The first-order valence-corrected chi connectivity index (χ1v) is 5.88. The molecule has 0 amide bonds. The van der Waals surface area contributed by atoms with E-state index >= 15 is 0 Å². The van der Waals surface area contributed by atoms with Crippen molar-refractivity contribution in [2.45, 2.75) is 6.10 Å². The van der Waals surface area contributed by atoms with E-state index in [9.17, 15) is 4.39 Å². The number of morpholine rings is 1. The molecule has 1 heterocycles. The van der Waals surface area contributed by atoms with Gasteiger partial charge in [0.1, 0.15) is 5.82 Å². The Balaban J connectivity index is 1.94. The fourth-order valence-corrected chi connectivity index (χ4v) is 2.01. The van der Waals surface area contributed by atoms with Crippen molar-refractivity contribution < 1.29 is 13.9 Å². The first-order chi connectivity index (χ1) is 8.29. The molecular weight excluding hydrogens is 221 g/mol. The van der Waals surface area contributed by atoms with E-state index < -0.39 is 0 Å². The zero-order valence-electron chi connectivity index (χ0n) is 10.1. The molecule has 1 atom stereocenters. The average Bonchev–Trinajstić information content (AvgIpc) is 2.37. The lowest BCUT2D eigenvalue weighted by atomic mass is 10.1. The van der Waals surface area contributed by atoms with Gasteiger partial charge in [0.25, 0.3) is 0 Å². The number of hydrogen-bond acceptors (Lipinski definition) is 3. The summed E-state index contributed by atoms with van der Waals surface area (Å²) in [6.07, 6.45) is 0.0428. The molecule has 1 aromatic rings. The lowest BCUT2D eigenvalue weighted by Crippen LogP contribution is -2.40. The number of nitrogens with zero attached hydrogens (tertiary/aromatic N) is 1. The zero-order valence-corrected chi connectivity index (χ0v) is 10.1. The van der Waals surface area contributed by atoms with Crippen LogP contribution in [0.5, 0.6) is 0 Å². The van der Waals surface area contributed by atoms with Crippen molar-refractivity contribution in [1.29, 1.82) is 0 Å². The first-order valence-electron chi connectivity index (χ1n) is 5.88. The van der Waals surface area contributed by atoms with Gasteiger partial charge in [-0.25, -0.2) is 4.39 Å². The molecule has 0 N–H and O–H groups in total. The van der Waals surface area contributed by atoms with Crippen LogP contribution in [0.3, 0.4) is 0 Å². The molecule has 1 saturated heterocycles. The average molecular weight is 239 g/mol. The Bertz CT molecular complexity index is 342. The first kappa shape index (κ1) is 12.5. The van der Waals surface area contributed by atoms with Crippen LogP contribution in [0, 0.1) is 5.82 Å². The molecule has 2 rings (SSSR count). The van der Waals surface area contributed by atoms with Crippen molar-refractivity contribution in [1.82, 2.24) is 4.90 Å². The van der Waals surface area contributed by atoms with Gasteiger partial charge in [0.15, 0.2) is 0 Å². The van der Waals surface area contributed by atoms with Crippen LogP contribution >= 0.6 is 0 Å². The van der Waals surface area contributed by atoms with Crippen molar-refractivity contribution >= 4 is 0 Å². The monoisotopic (exact) mass is 239 g/mol. The lowest BCUT2D eigenvalue weighted by Gasteiger charge is -2.32. The van der Waals surface area contributed by atoms with Crippen LogP contribution in [0.1, 0.15) is 11.7 Å². The lowest BCUT2D eigenvalue weighted by molar-refractivity contribution is -0.0356. The SMILES string of the molecule is COCCN1CCO[C@H](c2ccc(F)cc2)C1. The normalized spacial score (nSPS) is 21.6. The van der Waals surface area contributed by atoms with Crippen LogP contribution in [-0.4, -0.2) is 44.9 Å². The molecule has 0 radical (unpaired) electrons. The summed E-state index contributed by atoms with van der Waals surface area (Å²) < 4.78 is 23.6. The van der Waals surface area contributed by atoms with Crippen molar-refractivity contribution in [3.63, 3.8) is 0 Å². The fraction of sp³-hybridized carbons (Fsp3) is 0.538. The molecule has 1 aromatic carbocycles. The van der Waals surface area contributed by atoms with E-state index in [0.29, 0.717) is 6.61 Å². The maximum Gasteiger partial charge on any atom is 0.123 e. The quantitative estimate of drug-likeness (QED) is 0.800. The summed E-state index contributed by atoms with van der Waals surface area (Å²) in [6, 6.07) is 6.54. The summed E-state index contributed by atoms with van der Waals surface area (Å²) >= 11 is 0. The Labute approximate surface area is 101 Å². The van der Waals surface area contributed by atoms with E-state index in [1.807, 2.05) is 0 Å². The summed E-state index contributed by atoms with van der Waals surface area (Å²) in [5, 5.41) is 0. The van der Waals surface area contributed by atoms with Gasteiger partial charge in [-0.05, 0) is 17.7 Å². The maximum absolute atomic E-state index is 12.8. The van der Waals surface area contributed by atoms with E-state index in [0.717, 1.165) is 31.8 Å². The molecule has 0 saturated carbocycles. The zero-order chi connectivity index (χ0) is 12.1. The van der Waals surface area contributed by atoms with E-state index in [1.165, 1.54) is 12.1 Å². The minimum Gasteiger partial charge on any atom is -0.383 e. The van der Waals surface area contributed by atoms with Gasteiger partial charge in [0.05, 0.1) is 19.3 Å². The Morgan fingerprint density at radius 2 is 2.18 bits per heavy atom. The third kappa shape index (κ3) is 3.49. The van der Waals surface area contributed by atoms with Crippen LogP contribution in [-0.2, 0) is 9.47 Å². The fourth-order valence-electron chi connectivity index (χ4n) is 2.01. The topological polar surface area (TPSA) is 21.7 Å². The highest BCUT2D eigenvalue weighted by molar-refractivity contribution is 5.19. The number of halogens is 1. The number of hydrogen-bond donors (Lipinski definition) is 0. The molecule has 3 nitrogen and oxygen atoms in total. The molecule has 17 heavy (non-hydrogen) atoms. The predicted molar refractivity (Wildman–Crippen MR) is 63.4 cm³/mol. The molecule has 1 aliphatic heterocycles. The van der Waals surface area contributed by atoms with E-state index in [2.05, 4.69) is 4.90 Å². The Hall–Kier alpha value is -0.970. The van der Waals surface area contributed by atoms with Gasteiger partial charge in [-0.1, -0.05) is 12.1 Å². The van der Waals surface area contributed by atoms with Crippen LogP contribution in [0.25, 0.3) is 0 Å². The summed E-state index contributed by atoms with van der Waals surface area (Å²) in [5.41, 5.74) is 1.04. The second-order valence-electron chi connectivity index (χ2n) is 4.20. The van der Waals surface area contributed by atoms with Crippen LogP contribution in [0.2, 0.25) is 0 Å². The number of ether oxygens (including phenoxy) is 2. The highest BCUT2D eigenvalue weighted by Gasteiger charge is 2.21. The highest BCUT2D eigenvalue weighted by atomic mass is 19.1. The number of methoxy groups -OCH3 is 1. The third-order valence-electron chi connectivity index (χ3n) is 3.00. The van der Waals surface area contributed by atoms with Crippen LogP contribution in [0.15, 0.2) is 24.3 Å². The largest absolute Gasteiger partial charge is 0.383 e. The summed E-state index contributed by atoms with van der Waals surface area (Å²) in [4.78, 5) is 2.31. The molecule has 0 spiro atoms. The molecule has 0 aromatic heterocycles. The van der Waals surface area contributed by atoms with Gasteiger partial charge in [0, 0.05) is 26.7 Å². The number of rotatable bonds is 4. The van der Waals surface area contributed by atoms with Gasteiger partial charge < -0.3 is 9.47 Å². The molecule has 1 fully saturated rings. The predicted octanol–water partition coefficient (Wildman–Crippen LogP) is 1.85. The van der Waals surface area contributed by atoms with Crippen molar-refractivity contribution in [2.75, 3.05) is 40.0 Å². The highest BCUT2D eigenvalue weighted by Crippen LogP contribution is 2.22. The van der Waals surface area contributed by atoms with Gasteiger partial charge >= 0.3 is 0 Å². The van der Waals surface area contributed by atoms with E-state index in [-0.39, 0.29) is 11.9 Å². The van der Waals surface area contributed by atoms with Crippen molar-refractivity contribution in [2.24, 2.45) is 0 Å². The molecule has 1 aliphatic rings. The van der Waals surface area contributed by atoms with E-state index in [4.69, 9.17) is 9.47 Å². The molecule has 94 valence electrons. The maximum atomic E-state index is 12.8. The summed E-state index contributed by atoms with van der Waals surface area (Å²) in [6.45, 7) is 4.13. The van der Waals surface area contributed by atoms with E-state index in [1.54, 1.807) is 19.2 Å². The molecule has 0 bridgehead atoms. The van der Waals surface area contributed by atoms with Crippen LogP contribution < -0.4 is 0 Å². The molecule has 0 unspecified atom stereocenters. The number of benzene rings is 1. The van der Waals surface area contributed by atoms with Crippen molar-refractivity contribution in [3.05, 3.63) is 35.6 Å². The van der Waals surface area contributed by atoms with Gasteiger partial charge in [-0.2, -0.15) is 0 Å². The second kappa shape index (κ2) is 6.10. The minimum absolute atomic E-state index is 0.0428. The summed E-state index contributed by atoms with van der Waals surface area (Å²) in [5.74, 6) is -0.208. The Morgan fingerprint density at radius 1 is 1.41 bits per heavy atom. The standard InChI is InChI=1S/C13H18FNO2/c1-16-8-6-15-7-9-17-13(10-15)11-2-4-12(14)5-3-11/h2-5,13H,6-10H2,1H3/t13-/m0/s1. The van der Waals surface area contributed by atoms with Gasteiger partial charge in [-0.3, -0.25) is 4.90 Å². The van der Waals surface area contributed by atoms with Crippen LogP contribution in [0.4, 0.5) is 4.39 Å². The third-order valence-corrected chi connectivity index (χ3v) is 3.00. The summed E-state index contributed by atoms with van der Waals surface area (Å²) in [7, 11) is 1.71. The molecule has 4 heteroatoms. The minimum atomic E-state index is -0.208. The van der Waals surface area contributed by atoms with Gasteiger partial charge in [-0.15, -0.1) is 0 Å².